The van der Waals surface area contributed by atoms with Crippen molar-refractivity contribution >= 4 is 5.97 Å². The van der Waals surface area contributed by atoms with Crippen LogP contribution in [0.4, 0.5) is 0 Å². The summed E-state index contributed by atoms with van der Waals surface area (Å²) in [7, 11) is 0. The molecule has 2 rings (SSSR count). The molecule has 104 valence electrons. The maximum absolute atomic E-state index is 11.3. The topological polar surface area (TPSA) is 40.5 Å². The normalized spacial score (nSPS) is 20.7. The predicted molar refractivity (Wildman–Crippen MR) is 76.2 cm³/mol. The third-order valence-electron chi connectivity index (χ3n) is 3.93. The quantitative estimate of drug-likeness (QED) is 0.904. The summed E-state index contributed by atoms with van der Waals surface area (Å²) >= 11 is 0. The zero-order valence-electron chi connectivity index (χ0n) is 11.8. The molecule has 1 heterocycles. The van der Waals surface area contributed by atoms with Crippen LogP contribution in [-0.2, 0) is 11.3 Å². The van der Waals surface area contributed by atoms with Gasteiger partial charge in [0.15, 0.2) is 0 Å². The Bertz CT molecular complexity index is 425. The van der Waals surface area contributed by atoms with Gasteiger partial charge in [-0.3, -0.25) is 9.69 Å². The van der Waals surface area contributed by atoms with Crippen molar-refractivity contribution in [3.63, 3.8) is 0 Å². The third kappa shape index (κ3) is 3.57. The van der Waals surface area contributed by atoms with Gasteiger partial charge in [0.05, 0.1) is 0 Å². The molecule has 0 bridgehead atoms. The standard InChI is InChI=1S/C16H23NO2/c1-12(2)14-8-6-13(7-9-14)11-17-10-4-3-5-15(17)16(18)19/h6-9,12,15H,3-5,10-11H2,1-2H3,(H,18,19). The van der Waals surface area contributed by atoms with Crippen LogP contribution in [0.5, 0.6) is 0 Å². The molecule has 1 unspecified atom stereocenters. The summed E-state index contributed by atoms with van der Waals surface area (Å²) in [5.41, 5.74) is 2.54. The first-order valence-electron chi connectivity index (χ1n) is 7.13. The Morgan fingerprint density at radius 3 is 2.58 bits per heavy atom. The highest BCUT2D eigenvalue weighted by atomic mass is 16.4. The third-order valence-corrected chi connectivity index (χ3v) is 3.93. The first-order valence-corrected chi connectivity index (χ1v) is 7.13. The Morgan fingerprint density at radius 1 is 1.32 bits per heavy atom. The summed E-state index contributed by atoms with van der Waals surface area (Å²) in [6.45, 7) is 6.00. The van der Waals surface area contributed by atoms with Gasteiger partial charge in [0.25, 0.3) is 0 Å². The van der Waals surface area contributed by atoms with Crippen LogP contribution in [0.2, 0.25) is 0 Å². The van der Waals surface area contributed by atoms with Crippen LogP contribution in [0.25, 0.3) is 0 Å². The van der Waals surface area contributed by atoms with Crippen LogP contribution in [0, 0.1) is 0 Å². The smallest absolute Gasteiger partial charge is 0.320 e. The van der Waals surface area contributed by atoms with E-state index in [1.54, 1.807) is 0 Å². The Balaban J connectivity index is 2.04. The van der Waals surface area contributed by atoms with Gasteiger partial charge in [-0.2, -0.15) is 0 Å². The molecule has 1 saturated heterocycles. The number of nitrogens with zero attached hydrogens (tertiary/aromatic N) is 1. The lowest BCUT2D eigenvalue weighted by atomic mass is 9.99. The van der Waals surface area contributed by atoms with E-state index in [9.17, 15) is 9.90 Å². The molecule has 1 N–H and O–H groups in total. The molecule has 19 heavy (non-hydrogen) atoms. The SMILES string of the molecule is CC(C)c1ccc(CN2CCCCC2C(=O)O)cc1. The molecule has 0 saturated carbocycles. The number of hydrogen-bond donors (Lipinski definition) is 1. The van der Waals surface area contributed by atoms with Gasteiger partial charge in [0.1, 0.15) is 6.04 Å². The molecule has 0 amide bonds. The number of likely N-dealkylation sites (tertiary alicyclic amines) is 1. The maximum atomic E-state index is 11.3. The molecular formula is C16H23NO2. The van der Waals surface area contributed by atoms with Gasteiger partial charge >= 0.3 is 5.97 Å². The lowest BCUT2D eigenvalue weighted by Gasteiger charge is -2.32. The summed E-state index contributed by atoms with van der Waals surface area (Å²) in [6.07, 6.45) is 2.91. The molecular weight excluding hydrogens is 238 g/mol. The van der Waals surface area contributed by atoms with Gasteiger partial charge < -0.3 is 5.11 Å². The molecule has 0 aliphatic carbocycles. The molecule has 1 aliphatic heterocycles. The molecule has 0 aromatic heterocycles. The number of piperidine rings is 1. The zero-order chi connectivity index (χ0) is 13.8. The van der Waals surface area contributed by atoms with Crippen molar-refractivity contribution in [3.8, 4) is 0 Å². The number of carboxylic acid groups (broad SMARTS) is 1. The summed E-state index contributed by atoms with van der Waals surface area (Å²) in [5, 5.41) is 9.26. The molecule has 0 radical (unpaired) electrons. The van der Waals surface area contributed by atoms with Crippen LogP contribution < -0.4 is 0 Å². The fourth-order valence-electron chi connectivity index (χ4n) is 2.70. The second kappa shape index (κ2) is 6.20. The molecule has 1 aromatic rings. The van der Waals surface area contributed by atoms with Gasteiger partial charge in [-0.25, -0.2) is 0 Å². The fraction of sp³-hybridized carbons (Fsp3) is 0.562. The van der Waals surface area contributed by atoms with Crippen molar-refractivity contribution < 1.29 is 9.90 Å². The van der Waals surface area contributed by atoms with E-state index in [0.29, 0.717) is 5.92 Å². The largest absolute Gasteiger partial charge is 0.480 e. The van der Waals surface area contributed by atoms with E-state index in [-0.39, 0.29) is 6.04 Å². The lowest BCUT2D eigenvalue weighted by Crippen LogP contribution is -2.43. The van der Waals surface area contributed by atoms with Crippen molar-refractivity contribution in [1.82, 2.24) is 4.90 Å². The number of benzene rings is 1. The van der Waals surface area contributed by atoms with Crippen LogP contribution in [0.3, 0.4) is 0 Å². The second-order valence-corrected chi connectivity index (χ2v) is 5.72. The van der Waals surface area contributed by atoms with Crippen LogP contribution in [0.15, 0.2) is 24.3 Å². The van der Waals surface area contributed by atoms with Gasteiger partial charge in [0, 0.05) is 6.54 Å². The monoisotopic (exact) mass is 261 g/mol. The molecule has 0 spiro atoms. The second-order valence-electron chi connectivity index (χ2n) is 5.72. The Kier molecular flexibility index (Phi) is 4.59. The predicted octanol–water partition coefficient (Wildman–Crippen LogP) is 3.25. The molecule has 1 atom stereocenters. The highest BCUT2D eigenvalue weighted by Crippen LogP contribution is 2.21. The Labute approximate surface area is 115 Å². The van der Waals surface area contributed by atoms with Crippen LogP contribution >= 0.6 is 0 Å². The van der Waals surface area contributed by atoms with E-state index in [0.717, 1.165) is 32.4 Å². The Morgan fingerprint density at radius 2 is 2.00 bits per heavy atom. The minimum atomic E-state index is -0.682. The fourth-order valence-corrected chi connectivity index (χ4v) is 2.70. The van der Waals surface area contributed by atoms with Crippen LogP contribution in [-0.4, -0.2) is 28.6 Å². The van der Waals surface area contributed by atoms with Gasteiger partial charge in [-0.1, -0.05) is 44.5 Å². The van der Waals surface area contributed by atoms with E-state index in [2.05, 4.69) is 43.0 Å². The number of hydrogen-bond acceptors (Lipinski definition) is 2. The van der Waals surface area contributed by atoms with Crippen molar-refractivity contribution in [2.24, 2.45) is 0 Å². The van der Waals surface area contributed by atoms with Gasteiger partial charge in [-0.05, 0) is 36.4 Å². The van der Waals surface area contributed by atoms with Crippen molar-refractivity contribution in [2.75, 3.05) is 6.54 Å². The van der Waals surface area contributed by atoms with Crippen molar-refractivity contribution in [1.29, 1.82) is 0 Å². The zero-order valence-corrected chi connectivity index (χ0v) is 11.8. The summed E-state index contributed by atoms with van der Waals surface area (Å²) < 4.78 is 0. The molecule has 1 aliphatic rings. The summed E-state index contributed by atoms with van der Waals surface area (Å²) in [6, 6.07) is 8.25. The van der Waals surface area contributed by atoms with E-state index < -0.39 is 5.97 Å². The molecule has 1 aromatic carbocycles. The first kappa shape index (κ1) is 14.1. The average Bonchev–Trinajstić information content (AvgIpc) is 2.39. The highest BCUT2D eigenvalue weighted by Gasteiger charge is 2.28. The van der Waals surface area contributed by atoms with Crippen molar-refractivity contribution in [3.05, 3.63) is 35.4 Å². The summed E-state index contributed by atoms with van der Waals surface area (Å²) in [5.74, 6) is -0.144. The maximum Gasteiger partial charge on any atom is 0.320 e. The van der Waals surface area contributed by atoms with E-state index >= 15 is 0 Å². The Hall–Kier alpha value is -1.35. The number of carbonyl (C=O) groups is 1. The number of carboxylic acids is 1. The minimum absolute atomic E-state index is 0.307. The molecule has 3 nitrogen and oxygen atoms in total. The van der Waals surface area contributed by atoms with E-state index in [1.807, 2.05) is 0 Å². The average molecular weight is 261 g/mol. The summed E-state index contributed by atoms with van der Waals surface area (Å²) in [4.78, 5) is 13.4. The van der Waals surface area contributed by atoms with E-state index in [1.165, 1.54) is 11.1 Å². The number of aliphatic carboxylic acids is 1. The lowest BCUT2D eigenvalue weighted by molar-refractivity contribution is -0.144. The number of rotatable bonds is 4. The van der Waals surface area contributed by atoms with Gasteiger partial charge in [0.2, 0.25) is 0 Å². The first-order chi connectivity index (χ1) is 9.08. The minimum Gasteiger partial charge on any atom is -0.480 e. The van der Waals surface area contributed by atoms with Crippen LogP contribution in [0.1, 0.15) is 50.2 Å². The van der Waals surface area contributed by atoms with Crippen molar-refractivity contribution in [2.45, 2.75) is 51.6 Å². The molecule has 3 heteroatoms. The van der Waals surface area contributed by atoms with E-state index in [4.69, 9.17) is 0 Å². The highest BCUT2D eigenvalue weighted by molar-refractivity contribution is 5.73. The van der Waals surface area contributed by atoms with Gasteiger partial charge in [-0.15, -0.1) is 0 Å². The molecule has 1 fully saturated rings.